The van der Waals surface area contributed by atoms with Gasteiger partial charge >= 0.3 is 0 Å². The van der Waals surface area contributed by atoms with E-state index < -0.39 is 0 Å². The highest BCUT2D eigenvalue weighted by molar-refractivity contribution is 6.29. The highest BCUT2D eigenvalue weighted by Crippen LogP contribution is 2.55. The van der Waals surface area contributed by atoms with Crippen molar-refractivity contribution in [2.75, 3.05) is 0 Å². The minimum Gasteiger partial charge on any atom is -0.309 e. The van der Waals surface area contributed by atoms with Gasteiger partial charge in [0.15, 0.2) is 0 Å². The van der Waals surface area contributed by atoms with E-state index in [1.165, 1.54) is 93.2 Å². The van der Waals surface area contributed by atoms with Gasteiger partial charge in [0.1, 0.15) is 5.82 Å². The maximum absolute atomic E-state index is 5.13. The third-order valence-corrected chi connectivity index (χ3v) is 13.3. The van der Waals surface area contributed by atoms with Crippen molar-refractivity contribution < 1.29 is 0 Å². The minimum atomic E-state index is -0.171. The highest BCUT2D eigenvalue weighted by atomic mass is 15.1. The smallest absolute Gasteiger partial charge is 0.145 e. The lowest BCUT2D eigenvalue weighted by molar-refractivity contribution is 0.662. The summed E-state index contributed by atoms with van der Waals surface area (Å²) in [5.74, 6) is 0.943. The van der Waals surface area contributed by atoms with Crippen molar-refractivity contribution in [2.45, 2.75) is 19.3 Å². The maximum Gasteiger partial charge on any atom is 0.145 e. The quantitative estimate of drug-likeness (QED) is 0.164. The fourth-order valence-corrected chi connectivity index (χ4v) is 10.5. The molecule has 59 heavy (non-hydrogen) atoms. The SMILES string of the molecule is CC1(C)c2cc3c(cc2-c2c1cc1ccc4c(-c5ccc(-c6nc7ccccc7n6-c6ccccc6)cc5)ccc5ccc2c1c54)c1ccccc1n3-c1ccccc1. The van der Waals surface area contributed by atoms with Gasteiger partial charge < -0.3 is 4.57 Å². The number of fused-ring (bicyclic) bond motifs is 8. The van der Waals surface area contributed by atoms with Crippen LogP contribution < -0.4 is 0 Å². The van der Waals surface area contributed by atoms with Crippen LogP contribution in [0.15, 0.2) is 188 Å². The summed E-state index contributed by atoms with van der Waals surface area (Å²) in [7, 11) is 0. The van der Waals surface area contributed by atoms with E-state index in [2.05, 4.69) is 211 Å². The molecule has 3 nitrogen and oxygen atoms in total. The second kappa shape index (κ2) is 11.8. The van der Waals surface area contributed by atoms with Crippen LogP contribution in [-0.2, 0) is 5.41 Å². The molecule has 276 valence electrons. The van der Waals surface area contributed by atoms with Crippen LogP contribution in [0.2, 0.25) is 0 Å². The largest absolute Gasteiger partial charge is 0.309 e. The van der Waals surface area contributed by atoms with Crippen molar-refractivity contribution in [3.63, 3.8) is 0 Å². The molecule has 0 bridgehead atoms. The Morgan fingerprint density at radius 2 is 1.03 bits per heavy atom. The van der Waals surface area contributed by atoms with Crippen LogP contribution in [-0.4, -0.2) is 14.1 Å². The van der Waals surface area contributed by atoms with E-state index in [1.54, 1.807) is 0 Å². The topological polar surface area (TPSA) is 22.8 Å². The number of benzene rings is 10. The zero-order chi connectivity index (χ0) is 39.0. The van der Waals surface area contributed by atoms with E-state index in [0.29, 0.717) is 0 Å². The number of rotatable bonds is 4. The molecule has 1 aliphatic rings. The molecule has 0 saturated heterocycles. The molecule has 10 aromatic carbocycles. The molecule has 0 aliphatic heterocycles. The molecule has 0 amide bonds. The zero-order valence-corrected chi connectivity index (χ0v) is 32.7. The lowest BCUT2D eigenvalue weighted by Gasteiger charge is -2.23. The lowest BCUT2D eigenvalue weighted by Crippen LogP contribution is -2.15. The van der Waals surface area contributed by atoms with Gasteiger partial charge in [0.25, 0.3) is 0 Å². The first-order valence-electron chi connectivity index (χ1n) is 20.6. The Morgan fingerprint density at radius 3 is 1.83 bits per heavy atom. The summed E-state index contributed by atoms with van der Waals surface area (Å²) in [5.41, 5.74) is 15.7. The normalized spacial score (nSPS) is 13.4. The molecule has 2 heterocycles. The molecule has 0 radical (unpaired) electrons. The molecule has 0 atom stereocenters. The molecule has 2 aromatic heterocycles. The maximum atomic E-state index is 5.13. The average molecular weight is 752 g/mol. The Labute approximate surface area is 341 Å². The first-order chi connectivity index (χ1) is 29.0. The fourth-order valence-electron chi connectivity index (χ4n) is 10.5. The summed E-state index contributed by atoms with van der Waals surface area (Å²) in [4.78, 5) is 5.13. The molecule has 0 unspecified atom stereocenters. The van der Waals surface area contributed by atoms with Crippen molar-refractivity contribution >= 4 is 65.2 Å². The predicted molar refractivity (Wildman–Crippen MR) is 248 cm³/mol. The molecule has 0 spiro atoms. The van der Waals surface area contributed by atoms with Gasteiger partial charge in [-0.25, -0.2) is 4.98 Å². The Kier molecular flexibility index (Phi) is 6.51. The van der Waals surface area contributed by atoms with E-state index in [-0.39, 0.29) is 5.41 Å². The number of nitrogens with zero attached hydrogens (tertiary/aromatic N) is 3. The van der Waals surface area contributed by atoms with Crippen LogP contribution in [0.4, 0.5) is 0 Å². The van der Waals surface area contributed by atoms with Crippen LogP contribution in [0, 0.1) is 0 Å². The standard InChI is InChI=1S/C56H37N3/c1-56(2)46-33-51-44(41-17-9-11-19-49(41)58(51)38-13-5-3-6-14-38)32-45(46)54-43-30-26-35-25-28-40(42-29-27-37(31-47(54)56)53(43)52(35)42)34-21-23-36(24-22-34)55-57-48-18-10-12-20-50(48)59(55)39-15-7-4-8-16-39/h3-33H,1-2H3. The summed E-state index contributed by atoms with van der Waals surface area (Å²) in [6, 6.07) is 69.1. The molecule has 0 fully saturated rings. The summed E-state index contributed by atoms with van der Waals surface area (Å²) in [6.45, 7) is 4.82. The van der Waals surface area contributed by atoms with E-state index in [4.69, 9.17) is 4.98 Å². The van der Waals surface area contributed by atoms with Crippen molar-refractivity contribution in [3.05, 3.63) is 199 Å². The summed E-state index contributed by atoms with van der Waals surface area (Å²) >= 11 is 0. The molecule has 0 N–H and O–H groups in total. The van der Waals surface area contributed by atoms with Gasteiger partial charge in [0.2, 0.25) is 0 Å². The van der Waals surface area contributed by atoms with E-state index in [9.17, 15) is 0 Å². The van der Waals surface area contributed by atoms with Crippen LogP contribution in [0.25, 0.3) is 110 Å². The van der Waals surface area contributed by atoms with Gasteiger partial charge in [-0.05, 0) is 126 Å². The van der Waals surface area contributed by atoms with Crippen LogP contribution >= 0.6 is 0 Å². The molecule has 1 aliphatic carbocycles. The first-order valence-corrected chi connectivity index (χ1v) is 20.6. The van der Waals surface area contributed by atoms with Crippen molar-refractivity contribution in [3.8, 4) is 45.0 Å². The van der Waals surface area contributed by atoms with E-state index >= 15 is 0 Å². The number of para-hydroxylation sites is 5. The van der Waals surface area contributed by atoms with Gasteiger partial charge in [-0.1, -0.05) is 141 Å². The molecule has 13 rings (SSSR count). The third-order valence-electron chi connectivity index (χ3n) is 13.3. The monoisotopic (exact) mass is 751 g/mol. The van der Waals surface area contributed by atoms with Gasteiger partial charge in [-0.2, -0.15) is 0 Å². The second-order valence-corrected chi connectivity index (χ2v) is 16.7. The number of hydrogen-bond acceptors (Lipinski definition) is 1. The molecular formula is C56H37N3. The fraction of sp³-hybridized carbons (Fsp3) is 0.0536. The molecule has 0 saturated carbocycles. The molecular weight excluding hydrogens is 715 g/mol. The van der Waals surface area contributed by atoms with Crippen LogP contribution in [0.1, 0.15) is 25.0 Å². The third kappa shape index (κ3) is 4.45. The first kappa shape index (κ1) is 32.6. The Bertz CT molecular complexity index is 3660. The minimum absolute atomic E-state index is 0.171. The lowest BCUT2D eigenvalue weighted by atomic mass is 9.80. The van der Waals surface area contributed by atoms with Gasteiger partial charge in [-0.15, -0.1) is 0 Å². The Morgan fingerprint density at radius 1 is 0.407 bits per heavy atom. The average Bonchev–Trinajstić information content (AvgIpc) is 3.91. The summed E-state index contributed by atoms with van der Waals surface area (Å²) < 4.78 is 4.71. The predicted octanol–water partition coefficient (Wildman–Crippen LogP) is 14.7. The van der Waals surface area contributed by atoms with Crippen molar-refractivity contribution in [1.82, 2.24) is 14.1 Å². The zero-order valence-electron chi connectivity index (χ0n) is 32.7. The van der Waals surface area contributed by atoms with Crippen LogP contribution in [0.3, 0.4) is 0 Å². The van der Waals surface area contributed by atoms with E-state index in [1.807, 2.05) is 0 Å². The van der Waals surface area contributed by atoms with E-state index in [0.717, 1.165) is 28.1 Å². The molecule has 12 aromatic rings. The number of hydrogen-bond donors (Lipinski definition) is 0. The van der Waals surface area contributed by atoms with Gasteiger partial charge in [0, 0.05) is 33.1 Å². The highest BCUT2D eigenvalue weighted by Gasteiger charge is 2.38. The second-order valence-electron chi connectivity index (χ2n) is 16.7. The van der Waals surface area contributed by atoms with Crippen molar-refractivity contribution in [2.24, 2.45) is 0 Å². The van der Waals surface area contributed by atoms with Gasteiger partial charge in [0.05, 0.1) is 22.1 Å². The number of aromatic nitrogens is 3. The van der Waals surface area contributed by atoms with Crippen molar-refractivity contribution in [1.29, 1.82) is 0 Å². The van der Waals surface area contributed by atoms with Crippen LogP contribution in [0.5, 0.6) is 0 Å². The Balaban J connectivity index is 0.995. The Hall–Kier alpha value is -7.49. The summed E-state index contributed by atoms with van der Waals surface area (Å²) in [5, 5.41) is 10.5. The van der Waals surface area contributed by atoms with Gasteiger partial charge in [-0.3, -0.25) is 4.57 Å². The molecule has 3 heteroatoms. The summed E-state index contributed by atoms with van der Waals surface area (Å²) in [6.07, 6.45) is 0. The number of imidazole rings is 1.